The van der Waals surface area contributed by atoms with Gasteiger partial charge in [-0.15, -0.1) is 0 Å². The van der Waals surface area contributed by atoms with Crippen LogP contribution in [0.4, 0.5) is 4.39 Å². The number of nitrogens with one attached hydrogen (secondary N) is 1. The molecule has 98 valence electrons. The van der Waals surface area contributed by atoms with E-state index in [9.17, 15) is 4.39 Å². The van der Waals surface area contributed by atoms with Crippen molar-refractivity contribution in [2.75, 3.05) is 13.1 Å². The Hall–Kier alpha value is -0.890. The minimum atomic E-state index is -0.105. The van der Waals surface area contributed by atoms with Gasteiger partial charge in [0.25, 0.3) is 0 Å². The van der Waals surface area contributed by atoms with E-state index in [-0.39, 0.29) is 5.82 Å². The molecular weight excluding hydrogens is 225 g/mol. The van der Waals surface area contributed by atoms with E-state index in [1.54, 1.807) is 6.07 Å². The van der Waals surface area contributed by atoms with Gasteiger partial charge in [0.2, 0.25) is 0 Å². The van der Waals surface area contributed by atoms with E-state index in [2.05, 4.69) is 18.3 Å². The van der Waals surface area contributed by atoms with Gasteiger partial charge in [0, 0.05) is 12.5 Å². The molecule has 2 unspecified atom stereocenters. The third-order valence-electron chi connectivity index (χ3n) is 4.77. The zero-order chi connectivity index (χ0) is 12.6. The van der Waals surface area contributed by atoms with Gasteiger partial charge >= 0.3 is 0 Å². The number of hydrogen-bond donors (Lipinski definition) is 1. The van der Waals surface area contributed by atoms with E-state index in [1.165, 1.54) is 37.3 Å². The highest BCUT2D eigenvalue weighted by molar-refractivity contribution is 5.24. The van der Waals surface area contributed by atoms with Crippen molar-refractivity contribution in [1.82, 2.24) is 5.32 Å². The van der Waals surface area contributed by atoms with E-state index in [0.717, 1.165) is 19.0 Å². The molecule has 1 saturated heterocycles. The van der Waals surface area contributed by atoms with Gasteiger partial charge in [-0.25, -0.2) is 4.39 Å². The lowest BCUT2D eigenvalue weighted by atomic mass is 9.66. The van der Waals surface area contributed by atoms with Crippen molar-refractivity contribution in [1.29, 1.82) is 0 Å². The van der Waals surface area contributed by atoms with Crippen LogP contribution in [0.2, 0.25) is 0 Å². The summed E-state index contributed by atoms with van der Waals surface area (Å²) < 4.78 is 13.4. The molecule has 0 bridgehead atoms. The molecule has 2 aliphatic rings. The van der Waals surface area contributed by atoms with Crippen LogP contribution in [0.5, 0.6) is 0 Å². The second-order valence-corrected chi connectivity index (χ2v) is 6.36. The summed E-state index contributed by atoms with van der Waals surface area (Å²) in [4.78, 5) is 0. The Labute approximate surface area is 109 Å². The second kappa shape index (κ2) is 4.65. The number of hydrogen-bond acceptors (Lipinski definition) is 1. The highest BCUT2D eigenvalue weighted by Crippen LogP contribution is 2.50. The number of rotatable bonds is 3. The van der Waals surface area contributed by atoms with Crippen LogP contribution in [-0.4, -0.2) is 13.1 Å². The van der Waals surface area contributed by atoms with Crippen LogP contribution in [0.15, 0.2) is 24.3 Å². The molecule has 1 aliphatic carbocycles. The van der Waals surface area contributed by atoms with Gasteiger partial charge in [-0.1, -0.05) is 31.9 Å². The van der Waals surface area contributed by atoms with E-state index in [1.807, 2.05) is 6.07 Å². The van der Waals surface area contributed by atoms with Gasteiger partial charge < -0.3 is 5.32 Å². The Morgan fingerprint density at radius 3 is 2.94 bits per heavy atom. The quantitative estimate of drug-likeness (QED) is 0.858. The Balaban J connectivity index is 1.86. The third kappa shape index (κ3) is 2.44. The minimum Gasteiger partial charge on any atom is -0.316 e. The molecule has 2 heteroatoms. The Kier molecular flexibility index (Phi) is 3.14. The normalized spacial score (nSPS) is 32.4. The SMILES string of the molecule is CC1(CC2CC2)CCNCC1c1cccc(F)c1. The lowest BCUT2D eigenvalue weighted by molar-refractivity contribution is 0.162. The van der Waals surface area contributed by atoms with Crippen molar-refractivity contribution in [3.63, 3.8) is 0 Å². The molecular formula is C16H22FN. The topological polar surface area (TPSA) is 12.0 Å². The molecule has 1 N–H and O–H groups in total. The van der Waals surface area contributed by atoms with E-state index in [4.69, 9.17) is 0 Å². The molecule has 0 aromatic heterocycles. The van der Waals surface area contributed by atoms with Crippen LogP contribution in [0.3, 0.4) is 0 Å². The van der Waals surface area contributed by atoms with Crippen molar-refractivity contribution in [3.8, 4) is 0 Å². The monoisotopic (exact) mass is 247 g/mol. The van der Waals surface area contributed by atoms with Gasteiger partial charge in [-0.3, -0.25) is 0 Å². The lowest BCUT2D eigenvalue weighted by Crippen LogP contribution is -2.42. The maximum Gasteiger partial charge on any atom is 0.123 e. The van der Waals surface area contributed by atoms with Gasteiger partial charge in [-0.05, 0) is 48.4 Å². The molecule has 1 saturated carbocycles. The first kappa shape index (κ1) is 12.2. The molecule has 0 radical (unpaired) electrons. The molecule has 1 aromatic carbocycles. The number of benzene rings is 1. The van der Waals surface area contributed by atoms with E-state index >= 15 is 0 Å². The van der Waals surface area contributed by atoms with Crippen molar-refractivity contribution >= 4 is 0 Å². The number of piperidine rings is 1. The molecule has 2 atom stereocenters. The Bertz CT molecular complexity index is 427. The summed E-state index contributed by atoms with van der Waals surface area (Å²) in [6, 6.07) is 7.20. The summed E-state index contributed by atoms with van der Waals surface area (Å²) in [5, 5.41) is 3.48. The predicted molar refractivity (Wildman–Crippen MR) is 72.1 cm³/mol. The van der Waals surface area contributed by atoms with Crippen LogP contribution in [0.1, 0.15) is 44.1 Å². The third-order valence-corrected chi connectivity index (χ3v) is 4.77. The average Bonchev–Trinajstić information content (AvgIpc) is 3.13. The predicted octanol–water partition coefficient (Wildman–Crippen LogP) is 3.71. The van der Waals surface area contributed by atoms with E-state index in [0.29, 0.717) is 11.3 Å². The fourth-order valence-electron chi connectivity index (χ4n) is 3.51. The summed E-state index contributed by atoms with van der Waals surface area (Å²) >= 11 is 0. The fourth-order valence-corrected chi connectivity index (χ4v) is 3.51. The van der Waals surface area contributed by atoms with Crippen LogP contribution in [0.25, 0.3) is 0 Å². The summed E-state index contributed by atoms with van der Waals surface area (Å²) in [6.45, 7) is 4.50. The van der Waals surface area contributed by atoms with Crippen LogP contribution < -0.4 is 5.32 Å². The first-order chi connectivity index (χ1) is 8.67. The molecule has 0 spiro atoms. The van der Waals surface area contributed by atoms with Crippen molar-refractivity contribution < 1.29 is 4.39 Å². The maximum atomic E-state index is 13.4. The molecule has 1 aliphatic heterocycles. The Morgan fingerprint density at radius 2 is 2.22 bits per heavy atom. The molecule has 1 heterocycles. The smallest absolute Gasteiger partial charge is 0.123 e. The second-order valence-electron chi connectivity index (χ2n) is 6.36. The first-order valence-corrected chi connectivity index (χ1v) is 7.13. The van der Waals surface area contributed by atoms with Crippen LogP contribution >= 0.6 is 0 Å². The maximum absolute atomic E-state index is 13.4. The highest BCUT2D eigenvalue weighted by Gasteiger charge is 2.41. The molecule has 2 fully saturated rings. The summed E-state index contributed by atoms with van der Waals surface area (Å²) in [5.74, 6) is 1.29. The molecule has 1 aromatic rings. The average molecular weight is 247 g/mol. The van der Waals surface area contributed by atoms with Gasteiger partial charge in [0.15, 0.2) is 0 Å². The van der Waals surface area contributed by atoms with Gasteiger partial charge in [0.1, 0.15) is 5.82 Å². The first-order valence-electron chi connectivity index (χ1n) is 7.13. The van der Waals surface area contributed by atoms with Crippen molar-refractivity contribution in [2.24, 2.45) is 11.3 Å². The lowest BCUT2D eigenvalue weighted by Gasteiger charge is -2.42. The van der Waals surface area contributed by atoms with Crippen LogP contribution in [-0.2, 0) is 0 Å². The zero-order valence-corrected chi connectivity index (χ0v) is 11.1. The largest absolute Gasteiger partial charge is 0.316 e. The minimum absolute atomic E-state index is 0.105. The molecule has 3 rings (SSSR count). The fraction of sp³-hybridized carbons (Fsp3) is 0.625. The standard InChI is InChI=1S/C16H22FN/c1-16(10-12-5-6-12)7-8-18-11-15(16)13-3-2-4-14(17)9-13/h2-4,9,12,15,18H,5-8,10-11H2,1H3. The van der Waals surface area contributed by atoms with Crippen molar-refractivity contribution in [2.45, 2.75) is 38.5 Å². The van der Waals surface area contributed by atoms with Crippen molar-refractivity contribution in [3.05, 3.63) is 35.6 Å². The Morgan fingerprint density at radius 1 is 1.39 bits per heavy atom. The van der Waals surface area contributed by atoms with Gasteiger partial charge in [0.05, 0.1) is 0 Å². The van der Waals surface area contributed by atoms with Crippen LogP contribution in [0, 0.1) is 17.2 Å². The molecule has 18 heavy (non-hydrogen) atoms. The zero-order valence-electron chi connectivity index (χ0n) is 11.1. The van der Waals surface area contributed by atoms with Gasteiger partial charge in [-0.2, -0.15) is 0 Å². The van der Waals surface area contributed by atoms with E-state index < -0.39 is 0 Å². The summed E-state index contributed by atoms with van der Waals surface area (Å²) in [5.41, 5.74) is 1.52. The molecule has 0 amide bonds. The summed E-state index contributed by atoms with van der Waals surface area (Å²) in [6.07, 6.45) is 5.33. The number of halogens is 1. The summed E-state index contributed by atoms with van der Waals surface area (Å²) in [7, 11) is 0. The molecule has 1 nitrogen and oxygen atoms in total. The highest BCUT2D eigenvalue weighted by atomic mass is 19.1.